The van der Waals surface area contributed by atoms with E-state index in [2.05, 4.69) is 15.2 Å². The van der Waals surface area contributed by atoms with Gasteiger partial charge in [-0.05, 0) is 11.6 Å². The Balaban J connectivity index is 1.78. The van der Waals surface area contributed by atoms with Crippen molar-refractivity contribution in [2.24, 2.45) is 0 Å². The number of rotatable bonds is 6. The predicted molar refractivity (Wildman–Crippen MR) is 98.9 cm³/mol. The molecule has 2 heterocycles. The molecule has 0 aliphatic carbocycles. The Hall–Kier alpha value is -2.19. The number of hydrogen-bond acceptors (Lipinski definition) is 7. The van der Waals surface area contributed by atoms with E-state index in [0.29, 0.717) is 5.56 Å². The van der Waals surface area contributed by atoms with Gasteiger partial charge in [-0.2, -0.15) is 26.3 Å². The third-order valence-electron chi connectivity index (χ3n) is 3.80. The first-order valence-electron chi connectivity index (χ1n) is 8.18. The van der Waals surface area contributed by atoms with Crippen molar-refractivity contribution in [2.45, 2.75) is 30.3 Å². The van der Waals surface area contributed by atoms with E-state index in [4.69, 9.17) is 16.0 Å². The lowest BCUT2D eigenvalue weighted by Gasteiger charge is -2.09. The van der Waals surface area contributed by atoms with Gasteiger partial charge in [-0.3, -0.25) is 0 Å². The van der Waals surface area contributed by atoms with Crippen LogP contribution in [-0.2, 0) is 22.0 Å². The van der Waals surface area contributed by atoms with Crippen molar-refractivity contribution in [3.63, 3.8) is 0 Å². The highest BCUT2D eigenvalue weighted by Gasteiger charge is 2.45. The Morgan fingerprint density at radius 3 is 2.42 bits per heavy atom. The van der Waals surface area contributed by atoms with Crippen molar-refractivity contribution >= 4 is 32.8 Å². The van der Waals surface area contributed by atoms with Crippen molar-refractivity contribution in [1.82, 2.24) is 15.2 Å². The molecule has 0 saturated carbocycles. The van der Waals surface area contributed by atoms with Crippen LogP contribution in [0.25, 0.3) is 22.2 Å². The van der Waals surface area contributed by atoms with Gasteiger partial charge in [0.2, 0.25) is 5.89 Å². The van der Waals surface area contributed by atoms with Crippen LogP contribution in [0.4, 0.5) is 26.3 Å². The number of hydrogen-bond donors (Lipinski definition) is 0. The highest BCUT2D eigenvalue weighted by molar-refractivity contribution is 7.91. The summed E-state index contributed by atoms with van der Waals surface area (Å²) >= 11 is 7.11. The van der Waals surface area contributed by atoms with Crippen molar-refractivity contribution in [3.8, 4) is 22.2 Å². The molecule has 3 aromatic rings. The van der Waals surface area contributed by atoms with Crippen LogP contribution >= 0.6 is 22.9 Å². The smallest absolute Gasteiger partial charge is 0.419 e. The average Bonchev–Trinajstić information content (AvgIpc) is 3.27. The maximum absolute atomic E-state index is 12.5. The molecule has 0 unspecified atom stereocenters. The Morgan fingerprint density at radius 2 is 1.81 bits per heavy atom. The minimum absolute atomic E-state index is 0.0388. The molecule has 0 amide bonds. The van der Waals surface area contributed by atoms with E-state index in [-0.39, 0.29) is 33.1 Å². The van der Waals surface area contributed by atoms with E-state index in [1.54, 1.807) is 0 Å². The number of halogens is 7. The van der Waals surface area contributed by atoms with E-state index in [1.165, 1.54) is 17.5 Å². The molecule has 0 saturated heterocycles. The van der Waals surface area contributed by atoms with Gasteiger partial charge < -0.3 is 4.42 Å². The number of aryl methyl sites for hydroxylation is 1. The summed E-state index contributed by atoms with van der Waals surface area (Å²) in [5, 5.41) is 8.86. The van der Waals surface area contributed by atoms with Crippen LogP contribution in [0, 0.1) is 0 Å². The van der Waals surface area contributed by atoms with E-state index in [1.807, 2.05) is 0 Å². The van der Waals surface area contributed by atoms with E-state index >= 15 is 0 Å². The van der Waals surface area contributed by atoms with Crippen LogP contribution in [0.15, 0.2) is 28.0 Å². The second-order valence-corrected chi connectivity index (χ2v) is 9.42. The largest absolute Gasteiger partial charge is 0.497 e. The molecule has 0 N–H and O–H groups in total. The van der Waals surface area contributed by atoms with Gasteiger partial charge in [-0.25, -0.2) is 13.4 Å². The topological polar surface area (TPSA) is 86.0 Å². The molecule has 0 atom stereocenters. The standard InChI is InChI=1S/C16H10ClF6N3O3S2/c17-10-5-8(7-31(27,28)16(21,22)23)1-2-9(10)11-6-30-14(24-11)13-26-25-12(29-13)3-4-15(18,19)20/h1-2,5-6H,3-4,7H2. The summed E-state index contributed by atoms with van der Waals surface area (Å²) in [6, 6.07) is 3.57. The molecule has 1 aromatic carbocycles. The van der Waals surface area contributed by atoms with Crippen molar-refractivity contribution in [2.75, 3.05) is 0 Å². The number of sulfone groups is 1. The van der Waals surface area contributed by atoms with Crippen LogP contribution in [0.5, 0.6) is 0 Å². The Labute approximate surface area is 179 Å². The number of alkyl halides is 6. The number of nitrogens with zero attached hydrogens (tertiary/aromatic N) is 3. The zero-order valence-electron chi connectivity index (χ0n) is 15.0. The fraction of sp³-hybridized carbons (Fsp3) is 0.312. The molecular weight excluding hydrogens is 496 g/mol. The van der Waals surface area contributed by atoms with Crippen LogP contribution in [0.3, 0.4) is 0 Å². The average molecular weight is 506 g/mol. The third kappa shape index (κ3) is 5.74. The quantitative estimate of drug-likeness (QED) is 0.414. The van der Waals surface area contributed by atoms with Crippen LogP contribution in [0.1, 0.15) is 17.9 Å². The minimum Gasteiger partial charge on any atom is -0.419 e. The number of thiazole rings is 1. The highest BCUT2D eigenvalue weighted by atomic mass is 35.5. The fourth-order valence-corrected chi connectivity index (χ4v) is 4.16. The monoisotopic (exact) mass is 505 g/mol. The van der Waals surface area contributed by atoms with Gasteiger partial charge in [0.05, 0.1) is 22.9 Å². The lowest BCUT2D eigenvalue weighted by Crippen LogP contribution is -2.24. The number of benzene rings is 1. The molecule has 168 valence electrons. The maximum atomic E-state index is 12.5. The Morgan fingerprint density at radius 1 is 1.10 bits per heavy atom. The summed E-state index contributed by atoms with van der Waals surface area (Å²) in [7, 11) is -5.36. The third-order valence-corrected chi connectivity index (χ3v) is 6.36. The molecule has 0 radical (unpaired) electrons. The Bertz CT molecular complexity index is 1190. The van der Waals surface area contributed by atoms with Crippen LogP contribution in [-0.4, -0.2) is 35.3 Å². The molecule has 0 fully saturated rings. The van der Waals surface area contributed by atoms with Gasteiger partial charge in [-0.15, -0.1) is 21.5 Å². The molecule has 0 bridgehead atoms. The second-order valence-electron chi connectivity index (χ2n) is 6.17. The highest BCUT2D eigenvalue weighted by Crippen LogP contribution is 2.34. The predicted octanol–water partition coefficient (Wildman–Crippen LogP) is 5.44. The molecular formula is C16H10ClF6N3O3S2. The molecule has 6 nitrogen and oxygen atoms in total. The first-order chi connectivity index (χ1) is 14.2. The molecule has 0 aliphatic rings. The van der Waals surface area contributed by atoms with Gasteiger partial charge >= 0.3 is 11.7 Å². The number of aromatic nitrogens is 3. The molecule has 0 aliphatic heterocycles. The molecule has 3 rings (SSSR count). The van der Waals surface area contributed by atoms with Gasteiger partial charge in [0.15, 0.2) is 5.01 Å². The van der Waals surface area contributed by atoms with Gasteiger partial charge in [0.1, 0.15) is 0 Å². The lowest BCUT2D eigenvalue weighted by molar-refractivity contribution is -0.134. The van der Waals surface area contributed by atoms with Gasteiger partial charge in [-0.1, -0.05) is 23.7 Å². The van der Waals surface area contributed by atoms with E-state index < -0.39 is 40.1 Å². The van der Waals surface area contributed by atoms with Crippen molar-refractivity contribution in [3.05, 3.63) is 40.1 Å². The summed E-state index contributed by atoms with van der Waals surface area (Å²) in [5.41, 5.74) is -4.96. The van der Waals surface area contributed by atoms with Gasteiger partial charge in [0.25, 0.3) is 15.7 Å². The fourth-order valence-electron chi connectivity index (χ4n) is 2.34. The summed E-state index contributed by atoms with van der Waals surface area (Å²) in [6.45, 7) is 0. The first-order valence-corrected chi connectivity index (χ1v) is 11.1. The van der Waals surface area contributed by atoms with Crippen molar-refractivity contribution in [1.29, 1.82) is 0 Å². The summed E-state index contributed by atoms with van der Waals surface area (Å²) in [4.78, 5) is 4.19. The summed E-state index contributed by atoms with van der Waals surface area (Å²) < 4.78 is 102. The molecule has 31 heavy (non-hydrogen) atoms. The molecule has 2 aromatic heterocycles. The SMILES string of the molecule is O=S(=O)(Cc1ccc(-c2csc(-c3nnc(CCC(F)(F)F)o3)n2)c(Cl)c1)C(F)(F)F. The lowest BCUT2D eigenvalue weighted by atomic mass is 10.1. The minimum atomic E-state index is -5.38. The second kappa shape index (κ2) is 8.39. The summed E-state index contributed by atoms with van der Waals surface area (Å²) in [6.07, 6.45) is -5.97. The summed E-state index contributed by atoms with van der Waals surface area (Å²) in [5.74, 6) is -1.57. The normalized spacial score (nSPS) is 13.0. The van der Waals surface area contributed by atoms with Gasteiger partial charge in [0, 0.05) is 17.4 Å². The first kappa shape index (κ1) is 23.5. The Kier molecular flexibility index (Phi) is 6.35. The van der Waals surface area contributed by atoms with Crippen LogP contribution in [0.2, 0.25) is 5.02 Å². The zero-order chi connectivity index (χ0) is 23.0. The molecule has 15 heteroatoms. The van der Waals surface area contributed by atoms with E-state index in [0.717, 1.165) is 17.4 Å². The van der Waals surface area contributed by atoms with E-state index in [9.17, 15) is 34.8 Å². The molecule has 0 spiro atoms. The van der Waals surface area contributed by atoms with Crippen molar-refractivity contribution < 1.29 is 39.2 Å². The van der Waals surface area contributed by atoms with Crippen LogP contribution < -0.4 is 0 Å². The maximum Gasteiger partial charge on any atom is 0.497 e. The zero-order valence-corrected chi connectivity index (χ0v) is 17.3.